The molecule has 0 aliphatic carbocycles. The van der Waals surface area contributed by atoms with Gasteiger partial charge in [0.1, 0.15) is 5.75 Å². The molecular formula is C9H8BrKO3. The molecule has 0 aromatic heterocycles. The minimum Gasteiger partial charge on any atom is -1.00 e. The number of hydrogen-bond donors (Lipinski definition) is 0. The van der Waals surface area contributed by atoms with E-state index in [4.69, 9.17) is 9.47 Å². The van der Waals surface area contributed by atoms with Gasteiger partial charge in [-0.2, -0.15) is 0 Å². The summed E-state index contributed by atoms with van der Waals surface area (Å²) in [5.74, 6) is 0.228. The quantitative estimate of drug-likeness (QED) is 0.298. The zero-order valence-electron chi connectivity index (χ0n) is 8.70. The molecule has 1 unspecified atom stereocenters. The molecule has 5 heteroatoms. The van der Waals surface area contributed by atoms with Crippen LogP contribution < -0.4 is 56.1 Å². The maximum atomic E-state index is 11.1. The van der Waals surface area contributed by atoms with E-state index in [-0.39, 0.29) is 64.9 Å². The summed E-state index contributed by atoms with van der Waals surface area (Å²) in [7, 11) is 0. The van der Waals surface area contributed by atoms with Crippen LogP contribution in [0.15, 0.2) is 28.7 Å². The summed E-state index contributed by atoms with van der Waals surface area (Å²) in [6.07, 6.45) is -0.344. The molecule has 0 radical (unpaired) electrons. The molecule has 3 nitrogen and oxygen atoms in total. The number of carbonyl (C=O) groups is 1. The Bertz CT molecular complexity index is 327. The molecule has 0 spiro atoms. The largest absolute Gasteiger partial charge is 1.00 e. The molecule has 1 fully saturated rings. The number of rotatable bonds is 2. The summed E-state index contributed by atoms with van der Waals surface area (Å²) in [6.45, 7) is 0.482. The minimum absolute atomic E-state index is 0. The van der Waals surface area contributed by atoms with Crippen LogP contribution in [0.2, 0.25) is 0 Å². The molecule has 0 amide bonds. The van der Waals surface area contributed by atoms with Crippen LogP contribution in [0.25, 0.3) is 0 Å². The first-order chi connectivity index (χ1) is 6.25. The Kier molecular flexibility index (Phi) is 5.26. The van der Waals surface area contributed by atoms with E-state index in [1.54, 1.807) is 12.1 Å². The fourth-order valence-electron chi connectivity index (χ4n) is 0.869. The summed E-state index contributed by atoms with van der Waals surface area (Å²) >= 11 is 3.29. The van der Waals surface area contributed by atoms with Crippen molar-refractivity contribution in [3.63, 3.8) is 0 Å². The smallest absolute Gasteiger partial charge is 1.00 e. The predicted octanol–water partition coefficient (Wildman–Crippen LogP) is -1.13. The first-order valence-corrected chi connectivity index (χ1v) is 4.64. The van der Waals surface area contributed by atoms with Gasteiger partial charge in [-0.3, -0.25) is 0 Å². The van der Waals surface area contributed by atoms with Crippen molar-refractivity contribution >= 4 is 21.9 Å². The average molecular weight is 283 g/mol. The Morgan fingerprint density at radius 2 is 2.07 bits per heavy atom. The number of benzene rings is 1. The SMILES string of the molecule is O=C(Oc1ccc(Br)cc1)C1CO1.[H-].[K+]. The molecule has 1 aromatic carbocycles. The number of hydrogen-bond acceptors (Lipinski definition) is 3. The molecule has 0 N–H and O–H groups in total. The third-order valence-electron chi connectivity index (χ3n) is 1.63. The topological polar surface area (TPSA) is 38.8 Å². The van der Waals surface area contributed by atoms with Crippen molar-refractivity contribution in [2.75, 3.05) is 6.61 Å². The van der Waals surface area contributed by atoms with Crippen molar-refractivity contribution in [3.8, 4) is 5.75 Å². The van der Waals surface area contributed by atoms with Crippen LogP contribution in [-0.2, 0) is 9.53 Å². The van der Waals surface area contributed by atoms with Crippen LogP contribution in [0.1, 0.15) is 1.43 Å². The number of halogens is 1. The fraction of sp³-hybridized carbons (Fsp3) is 0.222. The normalized spacial score (nSPS) is 18.2. The van der Waals surface area contributed by atoms with Gasteiger partial charge >= 0.3 is 57.4 Å². The molecule has 1 aromatic rings. The number of carbonyl (C=O) groups excluding carboxylic acids is 1. The van der Waals surface area contributed by atoms with Crippen molar-refractivity contribution < 1.29 is 67.1 Å². The van der Waals surface area contributed by atoms with Crippen molar-refractivity contribution in [1.29, 1.82) is 0 Å². The zero-order valence-corrected chi connectivity index (χ0v) is 12.4. The molecule has 1 heterocycles. The summed E-state index contributed by atoms with van der Waals surface area (Å²) in [6, 6.07) is 7.08. The average Bonchev–Trinajstić information content (AvgIpc) is 2.91. The Hall–Kier alpha value is 0.766. The first-order valence-electron chi connectivity index (χ1n) is 3.84. The molecule has 1 saturated heterocycles. The second-order valence-corrected chi connectivity index (χ2v) is 3.61. The Balaban J connectivity index is 0.000000980. The third kappa shape index (κ3) is 3.73. The second-order valence-electron chi connectivity index (χ2n) is 2.70. The van der Waals surface area contributed by atoms with Crippen LogP contribution >= 0.6 is 15.9 Å². The fourth-order valence-corrected chi connectivity index (χ4v) is 1.13. The van der Waals surface area contributed by atoms with Gasteiger partial charge in [-0.15, -0.1) is 0 Å². The predicted molar refractivity (Wildman–Crippen MR) is 50.6 cm³/mol. The van der Waals surface area contributed by atoms with Gasteiger partial charge < -0.3 is 10.9 Å². The van der Waals surface area contributed by atoms with Crippen LogP contribution in [0.3, 0.4) is 0 Å². The second kappa shape index (κ2) is 5.74. The van der Waals surface area contributed by atoms with E-state index in [2.05, 4.69) is 15.9 Å². The van der Waals surface area contributed by atoms with Gasteiger partial charge in [0.05, 0.1) is 6.61 Å². The third-order valence-corrected chi connectivity index (χ3v) is 2.16. The summed E-state index contributed by atoms with van der Waals surface area (Å²) in [5, 5.41) is 0. The summed E-state index contributed by atoms with van der Waals surface area (Å²) in [5.41, 5.74) is 0. The molecular weight excluding hydrogens is 275 g/mol. The van der Waals surface area contributed by atoms with E-state index in [1.807, 2.05) is 12.1 Å². The number of ether oxygens (including phenoxy) is 2. The molecule has 1 aliphatic heterocycles. The minimum atomic E-state index is -0.344. The van der Waals surface area contributed by atoms with Crippen LogP contribution in [0.5, 0.6) is 5.75 Å². The maximum Gasteiger partial charge on any atom is 1.00 e. The summed E-state index contributed by atoms with van der Waals surface area (Å²) < 4.78 is 10.7. The van der Waals surface area contributed by atoms with E-state index in [0.717, 1.165) is 4.47 Å². The standard InChI is InChI=1S/C9H7BrO3.K.H/c10-6-1-3-7(4-2-6)13-9(11)8-5-12-8;;/h1-4,8H,5H2;;/q;+1;-1. The Morgan fingerprint density at radius 1 is 1.50 bits per heavy atom. The monoisotopic (exact) mass is 282 g/mol. The van der Waals surface area contributed by atoms with E-state index in [0.29, 0.717) is 12.4 Å². The van der Waals surface area contributed by atoms with Gasteiger partial charge in [-0.05, 0) is 24.3 Å². The van der Waals surface area contributed by atoms with Crippen LogP contribution in [0.4, 0.5) is 0 Å². The molecule has 70 valence electrons. The van der Waals surface area contributed by atoms with Crippen LogP contribution in [-0.4, -0.2) is 18.7 Å². The molecule has 1 aliphatic rings. The molecule has 0 bridgehead atoms. The van der Waals surface area contributed by atoms with Crippen LogP contribution in [0, 0.1) is 0 Å². The van der Waals surface area contributed by atoms with Gasteiger partial charge in [-0.25, -0.2) is 4.79 Å². The molecule has 2 rings (SSSR count). The van der Waals surface area contributed by atoms with E-state index >= 15 is 0 Å². The van der Waals surface area contributed by atoms with E-state index < -0.39 is 0 Å². The molecule has 14 heavy (non-hydrogen) atoms. The van der Waals surface area contributed by atoms with Gasteiger partial charge in [-0.1, -0.05) is 15.9 Å². The van der Waals surface area contributed by atoms with E-state index in [9.17, 15) is 4.79 Å². The van der Waals surface area contributed by atoms with Gasteiger partial charge in [0.2, 0.25) is 0 Å². The number of epoxide rings is 1. The van der Waals surface area contributed by atoms with E-state index in [1.165, 1.54) is 0 Å². The Labute approximate surface area is 134 Å². The maximum absolute atomic E-state index is 11.1. The number of esters is 1. The molecule has 1 atom stereocenters. The van der Waals surface area contributed by atoms with Gasteiger partial charge in [0, 0.05) is 4.47 Å². The van der Waals surface area contributed by atoms with Gasteiger partial charge in [0.15, 0.2) is 6.10 Å². The summed E-state index contributed by atoms with van der Waals surface area (Å²) in [4.78, 5) is 11.1. The van der Waals surface area contributed by atoms with Crippen molar-refractivity contribution in [2.45, 2.75) is 6.10 Å². The zero-order chi connectivity index (χ0) is 9.26. The molecule has 0 saturated carbocycles. The van der Waals surface area contributed by atoms with Crippen molar-refractivity contribution in [3.05, 3.63) is 28.7 Å². The first kappa shape index (κ1) is 12.8. The van der Waals surface area contributed by atoms with Crippen molar-refractivity contribution in [1.82, 2.24) is 0 Å². The Morgan fingerprint density at radius 3 is 2.57 bits per heavy atom. The van der Waals surface area contributed by atoms with Crippen molar-refractivity contribution in [2.24, 2.45) is 0 Å². The van der Waals surface area contributed by atoms with Gasteiger partial charge in [0.25, 0.3) is 0 Å².